The molecule has 1 saturated carbocycles. The third-order valence-corrected chi connectivity index (χ3v) is 4.53. The average Bonchev–Trinajstić information content (AvgIpc) is 2.69. The Balaban J connectivity index is 2.09. The molecule has 0 heterocycles. The zero-order valence-corrected chi connectivity index (χ0v) is 12.5. The fraction of sp³-hybridized carbons (Fsp3) is 0.647. The molecular weight excluding hydrogens is 218 g/mol. The summed E-state index contributed by atoms with van der Waals surface area (Å²) in [4.78, 5) is 0. The number of benzene rings is 1. The van der Waals surface area contributed by atoms with Crippen molar-refractivity contribution in [2.45, 2.75) is 66.0 Å². The molecule has 2 rings (SSSR count). The molecule has 0 aliphatic heterocycles. The summed E-state index contributed by atoms with van der Waals surface area (Å²) >= 11 is 0. The highest BCUT2D eigenvalue weighted by molar-refractivity contribution is 5.38. The van der Waals surface area contributed by atoms with Crippen molar-refractivity contribution in [3.8, 4) is 0 Å². The molecule has 0 aromatic heterocycles. The van der Waals surface area contributed by atoms with E-state index >= 15 is 0 Å². The largest absolute Gasteiger partial charge is 0.307 e. The lowest BCUT2D eigenvalue weighted by atomic mass is 9.96. The predicted molar refractivity (Wildman–Crippen MR) is 79.0 cm³/mol. The molecule has 3 atom stereocenters. The summed E-state index contributed by atoms with van der Waals surface area (Å²) in [7, 11) is 0. The third-order valence-electron chi connectivity index (χ3n) is 4.53. The van der Waals surface area contributed by atoms with Crippen LogP contribution in [0.15, 0.2) is 12.1 Å². The van der Waals surface area contributed by atoms with Gasteiger partial charge < -0.3 is 5.32 Å². The minimum atomic E-state index is 0.472. The molecule has 1 aliphatic rings. The summed E-state index contributed by atoms with van der Waals surface area (Å²) in [5.74, 6) is 0.899. The second kappa shape index (κ2) is 5.44. The van der Waals surface area contributed by atoms with Gasteiger partial charge in [0.15, 0.2) is 0 Å². The van der Waals surface area contributed by atoms with E-state index in [1.807, 2.05) is 0 Å². The number of hydrogen-bond donors (Lipinski definition) is 1. The fourth-order valence-corrected chi connectivity index (χ4v) is 3.25. The van der Waals surface area contributed by atoms with E-state index in [-0.39, 0.29) is 0 Å². The van der Waals surface area contributed by atoms with Gasteiger partial charge in [-0.1, -0.05) is 19.1 Å². The van der Waals surface area contributed by atoms with Crippen LogP contribution in [-0.2, 0) is 0 Å². The second-order valence-corrected chi connectivity index (χ2v) is 6.30. The van der Waals surface area contributed by atoms with Gasteiger partial charge in [-0.2, -0.15) is 0 Å². The highest BCUT2D eigenvalue weighted by Gasteiger charge is 2.23. The van der Waals surface area contributed by atoms with Crippen LogP contribution >= 0.6 is 0 Å². The van der Waals surface area contributed by atoms with Gasteiger partial charge >= 0.3 is 0 Å². The summed E-state index contributed by atoms with van der Waals surface area (Å²) in [5.41, 5.74) is 5.70. The van der Waals surface area contributed by atoms with Gasteiger partial charge in [-0.05, 0) is 75.1 Å². The summed E-state index contributed by atoms with van der Waals surface area (Å²) < 4.78 is 0. The average molecular weight is 245 g/mol. The first kappa shape index (κ1) is 13.6. The van der Waals surface area contributed by atoms with Crippen LogP contribution in [0.5, 0.6) is 0 Å². The molecule has 18 heavy (non-hydrogen) atoms. The maximum absolute atomic E-state index is 3.81. The fourth-order valence-electron chi connectivity index (χ4n) is 3.25. The molecule has 0 radical (unpaired) electrons. The van der Waals surface area contributed by atoms with E-state index in [0.717, 1.165) is 12.0 Å². The van der Waals surface area contributed by atoms with Gasteiger partial charge in [0.25, 0.3) is 0 Å². The molecule has 1 aromatic carbocycles. The normalized spacial score (nSPS) is 25.4. The van der Waals surface area contributed by atoms with Crippen LogP contribution in [0, 0.1) is 26.7 Å². The molecule has 1 nitrogen and oxygen atoms in total. The van der Waals surface area contributed by atoms with Gasteiger partial charge in [-0.15, -0.1) is 0 Å². The number of nitrogens with one attached hydrogen (secondary N) is 1. The zero-order chi connectivity index (χ0) is 13.3. The monoisotopic (exact) mass is 245 g/mol. The molecule has 1 fully saturated rings. The van der Waals surface area contributed by atoms with Crippen molar-refractivity contribution in [3.05, 3.63) is 34.4 Å². The minimum absolute atomic E-state index is 0.472. The van der Waals surface area contributed by atoms with Crippen LogP contribution in [-0.4, -0.2) is 6.04 Å². The second-order valence-electron chi connectivity index (χ2n) is 6.30. The maximum Gasteiger partial charge on any atom is 0.0297 e. The Bertz CT molecular complexity index is 422. The Hall–Kier alpha value is -0.820. The van der Waals surface area contributed by atoms with Crippen LogP contribution in [0.3, 0.4) is 0 Å². The van der Waals surface area contributed by atoms with Gasteiger partial charge in [0, 0.05) is 12.1 Å². The Labute approximate surface area is 112 Å². The molecule has 0 amide bonds. The standard InChI is InChI=1S/C17H27N/c1-11-6-7-16(8-11)18-15(5)17-10-13(3)12(2)9-14(17)4/h9-11,15-16,18H,6-8H2,1-5H3. The zero-order valence-electron chi connectivity index (χ0n) is 12.5. The molecule has 1 heteroatoms. The summed E-state index contributed by atoms with van der Waals surface area (Å²) in [6.45, 7) is 11.3. The Morgan fingerprint density at radius 2 is 1.72 bits per heavy atom. The first-order chi connectivity index (χ1) is 8.47. The van der Waals surface area contributed by atoms with Crippen molar-refractivity contribution in [2.75, 3.05) is 0 Å². The summed E-state index contributed by atoms with van der Waals surface area (Å²) in [5, 5.41) is 3.81. The molecule has 3 unspecified atom stereocenters. The predicted octanol–water partition coefficient (Wildman–Crippen LogP) is 4.45. The quantitative estimate of drug-likeness (QED) is 0.829. The lowest BCUT2D eigenvalue weighted by molar-refractivity contribution is 0.448. The van der Waals surface area contributed by atoms with Gasteiger partial charge in [0.2, 0.25) is 0 Å². The molecule has 100 valence electrons. The van der Waals surface area contributed by atoms with E-state index in [0.29, 0.717) is 6.04 Å². The van der Waals surface area contributed by atoms with Crippen LogP contribution in [0.25, 0.3) is 0 Å². The molecule has 1 aromatic rings. The van der Waals surface area contributed by atoms with E-state index < -0.39 is 0 Å². The molecule has 0 saturated heterocycles. The summed E-state index contributed by atoms with van der Waals surface area (Å²) in [6.07, 6.45) is 4.07. The smallest absolute Gasteiger partial charge is 0.0297 e. The Morgan fingerprint density at radius 3 is 2.33 bits per heavy atom. The van der Waals surface area contributed by atoms with Crippen LogP contribution < -0.4 is 5.32 Å². The number of aryl methyl sites for hydroxylation is 3. The molecule has 1 aliphatic carbocycles. The minimum Gasteiger partial charge on any atom is -0.307 e. The maximum atomic E-state index is 3.81. The number of rotatable bonds is 3. The lowest BCUT2D eigenvalue weighted by Gasteiger charge is -2.22. The van der Waals surface area contributed by atoms with Crippen molar-refractivity contribution in [3.63, 3.8) is 0 Å². The Kier molecular flexibility index (Phi) is 4.11. The van der Waals surface area contributed by atoms with Crippen molar-refractivity contribution in [1.82, 2.24) is 5.32 Å². The Morgan fingerprint density at radius 1 is 1.06 bits per heavy atom. The first-order valence-electron chi connectivity index (χ1n) is 7.31. The van der Waals surface area contributed by atoms with Crippen molar-refractivity contribution >= 4 is 0 Å². The molecular formula is C17H27N. The van der Waals surface area contributed by atoms with E-state index in [4.69, 9.17) is 0 Å². The topological polar surface area (TPSA) is 12.0 Å². The summed E-state index contributed by atoms with van der Waals surface area (Å²) in [6, 6.07) is 5.87. The van der Waals surface area contributed by atoms with Gasteiger partial charge in [-0.3, -0.25) is 0 Å². The highest BCUT2D eigenvalue weighted by Crippen LogP contribution is 2.28. The van der Waals surface area contributed by atoms with E-state index in [2.05, 4.69) is 52.1 Å². The third kappa shape index (κ3) is 2.95. The molecule has 0 spiro atoms. The van der Waals surface area contributed by atoms with Crippen molar-refractivity contribution in [2.24, 2.45) is 5.92 Å². The molecule has 0 bridgehead atoms. The molecule has 1 N–H and O–H groups in total. The van der Waals surface area contributed by atoms with E-state index in [1.165, 1.54) is 41.5 Å². The lowest BCUT2D eigenvalue weighted by Crippen LogP contribution is -2.29. The van der Waals surface area contributed by atoms with Crippen molar-refractivity contribution < 1.29 is 0 Å². The van der Waals surface area contributed by atoms with E-state index in [1.54, 1.807) is 0 Å². The van der Waals surface area contributed by atoms with Crippen molar-refractivity contribution in [1.29, 1.82) is 0 Å². The van der Waals surface area contributed by atoms with Gasteiger partial charge in [0.1, 0.15) is 0 Å². The SMILES string of the molecule is Cc1cc(C)c(C(C)NC2CCC(C)C2)cc1C. The van der Waals surface area contributed by atoms with E-state index in [9.17, 15) is 0 Å². The van der Waals surface area contributed by atoms with Crippen LogP contribution in [0.4, 0.5) is 0 Å². The van der Waals surface area contributed by atoms with Crippen LogP contribution in [0.2, 0.25) is 0 Å². The first-order valence-corrected chi connectivity index (χ1v) is 7.31. The highest BCUT2D eigenvalue weighted by atomic mass is 14.9. The number of hydrogen-bond acceptors (Lipinski definition) is 1. The van der Waals surface area contributed by atoms with Gasteiger partial charge in [-0.25, -0.2) is 0 Å². The van der Waals surface area contributed by atoms with Gasteiger partial charge in [0.05, 0.1) is 0 Å². The van der Waals surface area contributed by atoms with Crippen LogP contribution in [0.1, 0.15) is 61.4 Å².